The first-order valence-electron chi connectivity index (χ1n) is 19.2. The van der Waals surface area contributed by atoms with Crippen LogP contribution >= 0.6 is 0 Å². The fraction of sp³-hybridized carbons (Fsp3) is 0. The van der Waals surface area contributed by atoms with Gasteiger partial charge in [-0.3, -0.25) is 9.13 Å². The zero-order valence-corrected chi connectivity index (χ0v) is 30.4. The van der Waals surface area contributed by atoms with E-state index in [1.165, 1.54) is 66.1 Å². The topological polar surface area (TPSA) is 22.8 Å². The van der Waals surface area contributed by atoms with Gasteiger partial charge in [-0.1, -0.05) is 158 Å². The molecule has 0 fully saturated rings. The summed E-state index contributed by atoms with van der Waals surface area (Å²) in [5.41, 5.74) is 16.7. The van der Waals surface area contributed by atoms with Gasteiger partial charge in [0.05, 0.1) is 22.1 Å². The number of hydrogen-bond donors (Lipinski definition) is 0. The van der Waals surface area contributed by atoms with Gasteiger partial charge in [0.2, 0.25) is 0 Å². The number of benzene rings is 8. The van der Waals surface area contributed by atoms with Gasteiger partial charge in [-0.25, -0.2) is 4.98 Å². The van der Waals surface area contributed by atoms with E-state index in [2.05, 4.69) is 209 Å². The van der Waals surface area contributed by atoms with E-state index in [9.17, 15) is 0 Å². The van der Waals surface area contributed by atoms with Crippen LogP contribution in [0.5, 0.6) is 0 Å². The lowest BCUT2D eigenvalue weighted by Gasteiger charge is -2.23. The summed E-state index contributed by atoms with van der Waals surface area (Å²) in [7, 11) is 0. The van der Waals surface area contributed by atoms with Gasteiger partial charge >= 0.3 is 0 Å². The van der Waals surface area contributed by atoms with Crippen molar-refractivity contribution in [2.75, 3.05) is 0 Å². The zero-order valence-electron chi connectivity index (χ0n) is 30.4. The highest BCUT2D eigenvalue weighted by atomic mass is 15.1. The minimum Gasteiger partial charge on any atom is -0.294 e. The quantitative estimate of drug-likeness (QED) is 0.179. The summed E-state index contributed by atoms with van der Waals surface area (Å²) < 4.78 is 4.67. The van der Waals surface area contributed by atoms with Crippen molar-refractivity contribution in [3.63, 3.8) is 0 Å². The van der Waals surface area contributed by atoms with Gasteiger partial charge in [0.15, 0.2) is 0 Å². The van der Waals surface area contributed by atoms with E-state index in [0.717, 1.165) is 44.8 Å². The molecule has 0 aliphatic heterocycles. The van der Waals surface area contributed by atoms with Gasteiger partial charge < -0.3 is 0 Å². The summed E-state index contributed by atoms with van der Waals surface area (Å²) in [6.07, 6.45) is 0. The molecule has 56 heavy (non-hydrogen) atoms. The third-order valence-corrected chi connectivity index (χ3v) is 11.7. The van der Waals surface area contributed by atoms with Gasteiger partial charge in [0.25, 0.3) is 0 Å². The Balaban J connectivity index is 1.17. The normalized spacial score (nSPS) is 11.9. The molecule has 3 nitrogen and oxygen atoms in total. The van der Waals surface area contributed by atoms with Crippen LogP contribution in [0.1, 0.15) is 0 Å². The van der Waals surface area contributed by atoms with E-state index in [0.29, 0.717) is 0 Å². The maximum atomic E-state index is 5.58. The van der Waals surface area contributed by atoms with E-state index in [1.807, 2.05) is 0 Å². The van der Waals surface area contributed by atoms with Crippen LogP contribution in [-0.4, -0.2) is 14.1 Å². The molecule has 3 aromatic heterocycles. The molecule has 8 aromatic carbocycles. The van der Waals surface area contributed by atoms with Crippen LogP contribution in [-0.2, 0) is 0 Å². The van der Waals surface area contributed by atoms with Crippen molar-refractivity contribution in [1.29, 1.82) is 0 Å². The summed E-state index contributed by atoms with van der Waals surface area (Å²) >= 11 is 0. The molecular formula is C53H33N3. The first-order valence-corrected chi connectivity index (χ1v) is 19.2. The van der Waals surface area contributed by atoms with Gasteiger partial charge in [-0.15, -0.1) is 0 Å². The molecule has 12 rings (SSSR count). The van der Waals surface area contributed by atoms with Crippen LogP contribution in [0.3, 0.4) is 0 Å². The molecule has 0 saturated heterocycles. The molecule has 0 unspecified atom stereocenters. The Kier molecular flexibility index (Phi) is 6.63. The van der Waals surface area contributed by atoms with Gasteiger partial charge in [0.1, 0.15) is 11.6 Å². The molecule has 0 radical (unpaired) electrons. The van der Waals surface area contributed by atoms with E-state index >= 15 is 0 Å². The summed E-state index contributed by atoms with van der Waals surface area (Å²) in [5.74, 6) is 1.76. The highest BCUT2D eigenvalue weighted by molar-refractivity contribution is 6.11. The molecule has 0 atom stereocenters. The van der Waals surface area contributed by atoms with E-state index in [4.69, 9.17) is 4.98 Å². The molecule has 3 heteroatoms. The van der Waals surface area contributed by atoms with Gasteiger partial charge in [-0.2, -0.15) is 0 Å². The largest absolute Gasteiger partial charge is 0.294 e. The monoisotopic (exact) mass is 711 g/mol. The van der Waals surface area contributed by atoms with Crippen molar-refractivity contribution in [3.05, 3.63) is 200 Å². The standard InChI is InChI=1S/C53H33N3/c1-2-16-37-36(15-1)38-17-3-4-19-40(38)42-30-29-34(31-47(42)41-20-6-5-18-39(37)41)35-32-52(55-48-25-11-7-21-43(48)44-22-8-12-26-49(44)55)54-53(33-35)56-50-27-13-9-23-45(50)46-24-10-14-28-51(46)56/h1-33H. The summed E-state index contributed by atoms with van der Waals surface area (Å²) in [6.45, 7) is 0. The number of rotatable bonds is 3. The molecule has 0 N–H and O–H groups in total. The number of para-hydroxylation sites is 4. The highest BCUT2D eigenvalue weighted by Crippen LogP contribution is 2.48. The van der Waals surface area contributed by atoms with Crippen molar-refractivity contribution in [2.24, 2.45) is 0 Å². The first kappa shape index (κ1) is 30.9. The summed E-state index contributed by atoms with van der Waals surface area (Å²) in [6, 6.07) is 72.8. The average molecular weight is 712 g/mol. The van der Waals surface area contributed by atoms with Crippen LogP contribution < -0.4 is 0 Å². The maximum absolute atomic E-state index is 5.58. The van der Waals surface area contributed by atoms with E-state index < -0.39 is 0 Å². The first-order chi connectivity index (χ1) is 27.8. The predicted molar refractivity (Wildman–Crippen MR) is 234 cm³/mol. The third kappa shape index (κ3) is 4.49. The van der Waals surface area contributed by atoms with Crippen LogP contribution in [0, 0.1) is 0 Å². The molecule has 0 bridgehead atoms. The van der Waals surface area contributed by atoms with Crippen molar-refractivity contribution in [3.8, 4) is 67.3 Å². The maximum Gasteiger partial charge on any atom is 0.140 e. The Labute approximate surface area is 324 Å². The minimum atomic E-state index is 0.878. The molecule has 1 aliphatic carbocycles. The molecule has 3 heterocycles. The second-order valence-electron chi connectivity index (χ2n) is 14.7. The van der Waals surface area contributed by atoms with E-state index in [-0.39, 0.29) is 0 Å². The Hall–Kier alpha value is -7.49. The fourth-order valence-corrected chi connectivity index (χ4v) is 9.28. The van der Waals surface area contributed by atoms with Gasteiger partial charge in [-0.05, 0) is 98.1 Å². The lowest BCUT2D eigenvalue weighted by Crippen LogP contribution is -2.04. The number of fused-ring (bicyclic) bond motifs is 14. The molecule has 0 spiro atoms. The van der Waals surface area contributed by atoms with Crippen LogP contribution in [0.4, 0.5) is 0 Å². The van der Waals surface area contributed by atoms with E-state index in [1.54, 1.807) is 0 Å². The smallest absolute Gasteiger partial charge is 0.140 e. The number of hydrogen-bond acceptors (Lipinski definition) is 1. The molecular weight excluding hydrogens is 679 g/mol. The molecule has 0 saturated carbocycles. The van der Waals surface area contributed by atoms with Crippen molar-refractivity contribution in [1.82, 2.24) is 14.1 Å². The fourth-order valence-electron chi connectivity index (χ4n) is 9.28. The van der Waals surface area contributed by atoms with Crippen LogP contribution in [0.2, 0.25) is 0 Å². The Bertz CT molecular complexity index is 3130. The number of pyridine rings is 1. The molecule has 0 amide bonds. The molecule has 1 aliphatic rings. The molecule has 11 aromatic rings. The molecule has 260 valence electrons. The predicted octanol–water partition coefficient (Wildman–Crippen LogP) is 13.9. The van der Waals surface area contributed by atoms with Crippen LogP contribution in [0.15, 0.2) is 200 Å². The van der Waals surface area contributed by atoms with Crippen LogP contribution in [0.25, 0.3) is 111 Å². The van der Waals surface area contributed by atoms with Crippen molar-refractivity contribution >= 4 is 43.6 Å². The summed E-state index contributed by atoms with van der Waals surface area (Å²) in [5, 5.41) is 4.85. The number of nitrogens with zero attached hydrogens (tertiary/aromatic N) is 3. The second kappa shape index (κ2) is 12.0. The SMILES string of the molecule is c1ccc2c(c1)-c1ccccc1-c1ccc(-c3cc(-n4c5ccccc5c5ccccc54)nc(-n4c5ccccc5c5ccccc54)c3)cc1-c1ccccc1-2. The second-order valence-corrected chi connectivity index (χ2v) is 14.7. The Morgan fingerprint density at radius 3 is 0.929 bits per heavy atom. The third-order valence-electron chi connectivity index (χ3n) is 11.7. The Morgan fingerprint density at radius 2 is 0.554 bits per heavy atom. The minimum absolute atomic E-state index is 0.878. The number of aromatic nitrogens is 3. The van der Waals surface area contributed by atoms with Gasteiger partial charge in [0, 0.05) is 21.5 Å². The highest BCUT2D eigenvalue weighted by Gasteiger charge is 2.23. The Morgan fingerprint density at radius 1 is 0.250 bits per heavy atom. The van der Waals surface area contributed by atoms with Crippen molar-refractivity contribution < 1.29 is 0 Å². The zero-order chi connectivity index (χ0) is 36.7. The van der Waals surface area contributed by atoms with Crippen molar-refractivity contribution in [2.45, 2.75) is 0 Å². The lowest BCUT2D eigenvalue weighted by atomic mass is 9.80. The average Bonchev–Trinajstić information content (AvgIpc) is 3.79. The summed E-state index contributed by atoms with van der Waals surface area (Å²) in [4.78, 5) is 5.58. The lowest BCUT2D eigenvalue weighted by molar-refractivity contribution is 1.01.